The molecule has 7 nitrogen and oxygen atoms in total. The maximum absolute atomic E-state index is 10.9. The molecular formula is C13H13N3O4S. The van der Waals surface area contributed by atoms with Gasteiger partial charge < -0.3 is 5.32 Å². The Morgan fingerprint density at radius 3 is 2.38 bits per heavy atom. The number of nitrogens with zero attached hydrogens (tertiary/aromatic N) is 2. The van der Waals surface area contributed by atoms with Crippen molar-refractivity contribution in [3.05, 3.63) is 60.5 Å². The summed E-state index contributed by atoms with van der Waals surface area (Å²) in [6.07, 6.45) is 0. The molecule has 0 aliphatic heterocycles. The molecule has 1 aromatic carbocycles. The number of anilines is 1. The first-order valence-electron chi connectivity index (χ1n) is 6.10. The molecule has 1 N–H and O–H groups in total. The summed E-state index contributed by atoms with van der Waals surface area (Å²) in [5.41, 5.74) is 2.98. The molecule has 0 fully saturated rings. The Morgan fingerprint density at radius 2 is 1.81 bits per heavy atom. The maximum Gasteiger partial charge on any atom is 0.324 e. The van der Waals surface area contributed by atoms with E-state index >= 15 is 0 Å². The number of nitro groups is 2. The van der Waals surface area contributed by atoms with Gasteiger partial charge in [0.1, 0.15) is 0 Å². The van der Waals surface area contributed by atoms with Crippen LogP contribution in [0.15, 0.2) is 23.6 Å². The van der Waals surface area contributed by atoms with E-state index in [1.165, 1.54) is 12.1 Å². The first kappa shape index (κ1) is 14.9. The quantitative estimate of drug-likeness (QED) is 0.669. The molecule has 8 heteroatoms. The van der Waals surface area contributed by atoms with Gasteiger partial charge in [0.2, 0.25) is 0 Å². The number of nitro benzene ring substituents is 1. The fraction of sp³-hybridized carbons (Fsp3) is 0.231. The fourth-order valence-electron chi connectivity index (χ4n) is 1.98. The topological polar surface area (TPSA) is 98.3 Å². The molecule has 2 aromatic rings. The van der Waals surface area contributed by atoms with Crippen LogP contribution in [0.1, 0.15) is 16.7 Å². The molecule has 110 valence electrons. The third kappa shape index (κ3) is 3.34. The summed E-state index contributed by atoms with van der Waals surface area (Å²) in [7, 11) is 0. The maximum atomic E-state index is 10.9. The lowest BCUT2D eigenvalue weighted by Gasteiger charge is -2.09. The first-order valence-corrected chi connectivity index (χ1v) is 6.97. The van der Waals surface area contributed by atoms with E-state index in [1.54, 1.807) is 18.4 Å². The Balaban J connectivity index is 2.17. The Hall–Kier alpha value is -2.48. The van der Waals surface area contributed by atoms with Crippen molar-refractivity contribution in [3.63, 3.8) is 0 Å². The van der Waals surface area contributed by atoms with Gasteiger partial charge in [-0.05, 0) is 31.0 Å². The molecule has 1 heterocycles. The number of rotatable bonds is 5. The summed E-state index contributed by atoms with van der Waals surface area (Å²) in [6, 6.07) is 4.73. The van der Waals surface area contributed by atoms with Gasteiger partial charge in [-0.15, -0.1) is 0 Å². The second-order valence-electron chi connectivity index (χ2n) is 4.61. The van der Waals surface area contributed by atoms with Crippen LogP contribution < -0.4 is 5.32 Å². The summed E-state index contributed by atoms with van der Waals surface area (Å²) < 4.78 is 0. The van der Waals surface area contributed by atoms with Crippen molar-refractivity contribution in [1.29, 1.82) is 0 Å². The van der Waals surface area contributed by atoms with E-state index in [-0.39, 0.29) is 10.7 Å². The van der Waals surface area contributed by atoms with Crippen molar-refractivity contribution in [2.75, 3.05) is 5.32 Å². The number of thiophene rings is 1. The highest BCUT2D eigenvalue weighted by atomic mass is 32.1. The predicted molar refractivity (Wildman–Crippen MR) is 80.9 cm³/mol. The molecule has 0 bridgehead atoms. The van der Waals surface area contributed by atoms with Crippen molar-refractivity contribution < 1.29 is 9.85 Å². The molecule has 1 aromatic heterocycles. The molecule has 2 rings (SSSR count). The Labute approximate surface area is 124 Å². The van der Waals surface area contributed by atoms with Crippen LogP contribution in [0.3, 0.4) is 0 Å². The smallest absolute Gasteiger partial charge is 0.324 e. The average Bonchev–Trinajstić information content (AvgIpc) is 2.86. The van der Waals surface area contributed by atoms with Gasteiger partial charge >= 0.3 is 5.00 Å². The number of aryl methyl sites for hydroxylation is 2. The van der Waals surface area contributed by atoms with Crippen molar-refractivity contribution in [1.82, 2.24) is 0 Å². The number of benzene rings is 1. The second kappa shape index (κ2) is 5.88. The summed E-state index contributed by atoms with van der Waals surface area (Å²) in [6.45, 7) is 3.93. The van der Waals surface area contributed by atoms with Gasteiger partial charge in [0.05, 0.1) is 9.85 Å². The van der Waals surface area contributed by atoms with Crippen LogP contribution >= 0.6 is 11.3 Å². The van der Waals surface area contributed by atoms with Gasteiger partial charge in [-0.3, -0.25) is 20.2 Å². The van der Waals surface area contributed by atoms with Crippen LogP contribution in [-0.2, 0) is 6.54 Å². The van der Waals surface area contributed by atoms with Crippen molar-refractivity contribution in [3.8, 4) is 0 Å². The zero-order valence-corrected chi connectivity index (χ0v) is 12.3. The fourth-order valence-corrected chi connectivity index (χ4v) is 2.71. The first-order chi connectivity index (χ1) is 9.88. The van der Waals surface area contributed by atoms with E-state index < -0.39 is 9.85 Å². The van der Waals surface area contributed by atoms with E-state index in [4.69, 9.17) is 0 Å². The van der Waals surface area contributed by atoms with Crippen molar-refractivity contribution >= 4 is 27.7 Å². The standard InChI is InChI=1S/C13H13N3O4S/c1-8-3-9(2)12(15(17)18)5-11(8)14-6-10-4-13(16(19)20)21-7-10/h3-5,7,14H,6H2,1-2H3. The summed E-state index contributed by atoms with van der Waals surface area (Å²) in [4.78, 5) is 20.7. The van der Waals surface area contributed by atoms with Crippen LogP contribution in [0, 0.1) is 34.1 Å². The normalized spacial score (nSPS) is 10.4. The minimum atomic E-state index is -0.434. The highest BCUT2D eigenvalue weighted by molar-refractivity contribution is 7.13. The minimum absolute atomic E-state index is 0.0550. The average molecular weight is 307 g/mol. The Morgan fingerprint density at radius 1 is 1.10 bits per heavy atom. The molecule has 0 saturated heterocycles. The third-order valence-corrected chi connectivity index (χ3v) is 3.97. The molecule has 0 aliphatic rings. The van der Waals surface area contributed by atoms with E-state index in [0.29, 0.717) is 17.8 Å². The lowest BCUT2D eigenvalue weighted by Crippen LogP contribution is -2.02. The largest absolute Gasteiger partial charge is 0.381 e. The molecule has 0 saturated carbocycles. The zero-order valence-electron chi connectivity index (χ0n) is 11.5. The number of hydrogen-bond acceptors (Lipinski definition) is 6. The van der Waals surface area contributed by atoms with Crippen molar-refractivity contribution in [2.45, 2.75) is 20.4 Å². The minimum Gasteiger partial charge on any atom is -0.381 e. The molecular weight excluding hydrogens is 294 g/mol. The van der Waals surface area contributed by atoms with Gasteiger partial charge in [-0.2, -0.15) is 0 Å². The van der Waals surface area contributed by atoms with Gasteiger partial charge in [0, 0.05) is 35.3 Å². The Kier molecular flexibility index (Phi) is 4.18. The number of hydrogen-bond donors (Lipinski definition) is 1. The van der Waals surface area contributed by atoms with Crippen molar-refractivity contribution in [2.24, 2.45) is 0 Å². The van der Waals surface area contributed by atoms with Gasteiger partial charge in [-0.25, -0.2) is 0 Å². The highest BCUT2D eigenvalue weighted by Gasteiger charge is 2.14. The molecule has 0 atom stereocenters. The highest BCUT2D eigenvalue weighted by Crippen LogP contribution is 2.28. The molecule has 0 spiro atoms. The van der Waals surface area contributed by atoms with Crippen LogP contribution in [0.25, 0.3) is 0 Å². The van der Waals surface area contributed by atoms with Crippen LogP contribution in [0.4, 0.5) is 16.4 Å². The lowest BCUT2D eigenvalue weighted by atomic mass is 10.1. The van der Waals surface area contributed by atoms with E-state index in [2.05, 4.69) is 5.32 Å². The molecule has 21 heavy (non-hydrogen) atoms. The monoisotopic (exact) mass is 307 g/mol. The van der Waals surface area contributed by atoms with Crippen LogP contribution in [0.5, 0.6) is 0 Å². The summed E-state index contributed by atoms with van der Waals surface area (Å²) >= 11 is 1.06. The van der Waals surface area contributed by atoms with Crippen LogP contribution in [-0.4, -0.2) is 9.85 Å². The van der Waals surface area contributed by atoms with Gasteiger partial charge in [0.15, 0.2) is 0 Å². The van der Waals surface area contributed by atoms with E-state index in [1.807, 2.05) is 6.92 Å². The van der Waals surface area contributed by atoms with Gasteiger partial charge in [-0.1, -0.05) is 11.3 Å². The molecule has 0 unspecified atom stereocenters. The summed E-state index contributed by atoms with van der Waals surface area (Å²) in [5.74, 6) is 0. The zero-order chi connectivity index (χ0) is 15.6. The van der Waals surface area contributed by atoms with Crippen LogP contribution in [0.2, 0.25) is 0 Å². The predicted octanol–water partition coefficient (Wildman–Crippen LogP) is 3.79. The van der Waals surface area contributed by atoms with E-state index in [9.17, 15) is 20.2 Å². The third-order valence-electron chi connectivity index (χ3n) is 3.04. The molecule has 0 radical (unpaired) electrons. The molecule has 0 aliphatic carbocycles. The molecule has 0 amide bonds. The SMILES string of the molecule is Cc1cc(C)c([N+](=O)[O-])cc1NCc1csc([N+](=O)[O-])c1. The Bertz CT molecular complexity index is 711. The summed E-state index contributed by atoms with van der Waals surface area (Å²) in [5, 5.41) is 26.4. The second-order valence-corrected chi connectivity index (χ2v) is 5.50. The number of nitrogens with one attached hydrogen (secondary N) is 1. The van der Waals surface area contributed by atoms with Gasteiger partial charge in [0.25, 0.3) is 5.69 Å². The van der Waals surface area contributed by atoms with E-state index in [0.717, 1.165) is 22.5 Å². The lowest BCUT2D eigenvalue weighted by molar-refractivity contribution is -0.385.